The molecule has 0 unspecified atom stereocenters. The summed E-state index contributed by atoms with van der Waals surface area (Å²) in [5.41, 5.74) is 6.45. The third kappa shape index (κ3) is 8.43. The Labute approximate surface area is 161 Å². The number of amides is 1. The summed E-state index contributed by atoms with van der Waals surface area (Å²) in [6.45, 7) is 8.14. The monoisotopic (exact) mass is 403 g/mol. The highest BCUT2D eigenvalue weighted by Crippen LogP contribution is 2.23. The van der Waals surface area contributed by atoms with E-state index in [0.717, 1.165) is 25.2 Å². The Morgan fingerprint density at radius 3 is 2.17 bits per heavy atom. The van der Waals surface area contributed by atoms with Gasteiger partial charge in [-0.05, 0) is 30.8 Å². The van der Waals surface area contributed by atoms with E-state index in [4.69, 9.17) is 28.9 Å². The Kier molecular flexibility index (Phi) is 14.3. The van der Waals surface area contributed by atoms with Gasteiger partial charge in [-0.3, -0.25) is 4.79 Å². The highest BCUT2D eigenvalue weighted by atomic mass is 35.5. The molecule has 23 heavy (non-hydrogen) atoms. The molecular weight excluding hydrogens is 380 g/mol. The molecule has 1 rings (SSSR count). The quantitative estimate of drug-likeness (QED) is 0.721. The normalized spacial score (nSPS) is 10.0. The van der Waals surface area contributed by atoms with Crippen molar-refractivity contribution >= 4 is 53.9 Å². The molecule has 0 heterocycles. The number of benzene rings is 1. The van der Waals surface area contributed by atoms with E-state index in [0.29, 0.717) is 23.1 Å². The van der Waals surface area contributed by atoms with E-state index in [-0.39, 0.29) is 37.3 Å². The van der Waals surface area contributed by atoms with Crippen LogP contribution < -0.4 is 5.73 Å². The lowest BCUT2D eigenvalue weighted by molar-refractivity contribution is -0.130. The van der Waals surface area contributed by atoms with Crippen molar-refractivity contribution in [2.75, 3.05) is 32.7 Å². The van der Waals surface area contributed by atoms with Crippen molar-refractivity contribution in [1.82, 2.24) is 9.80 Å². The lowest BCUT2D eigenvalue weighted by Crippen LogP contribution is -2.41. The summed E-state index contributed by atoms with van der Waals surface area (Å²) >= 11 is 11.9. The molecule has 134 valence electrons. The molecule has 1 aromatic rings. The van der Waals surface area contributed by atoms with Crippen molar-refractivity contribution < 1.29 is 4.79 Å². The summed E-state index contributed by atoms with van der Waals surface area (Å²) in [5, 5.41) is 1.01. The molecule has 8 heteroatoms. The number of rotatable bonds is 8. The molecule has 0 aliphatic heterocycles. The standard InChI is InChI=1S/C15H23Cl2N3O.2ClH/c1-3-19(4-2)7-8-20(15(21)10-18)11-12-5-6-13(16)14(17)9-12;;/h5-6,9H,3-4,7-8,10-11,18H2,1-2H3;2*1H. The first-order chi connectivity index (χ1) is 10.0. The van der Waals surface area contributed by atoms with Crippen LogP contribution in [0.1, 0.15) is 19.4 Å². The molecule has 0 aliphatic carbocycles. The van der Waals surface area contributed by atoms with Gasteiger partial charge >= 0.3 is 0 Å². The summed E-state index contributed by atoms with van der Waals surface area (Å²) in [4.78, 5) is 16.0. The average Bonchev–Trinajstić information content (AvgIpc) is 2.49. The van der Waals surface area contributed by atoms with Gasteiger partial charge in [-0.2, -0.15) is 0 Å². The second-order valence-electron chi connectivity index (χ2n) is 4.79. The summed E-state index contributed by atoms with van der Waals surface area (Å²) < 4.78 is 0. The van der Waals surface area contributed by atoms with E-state index in [1.165, 1.54) is 0 Å². The van der Waals surface area contributed by atoms with Gasteiger partial charge in [0.15, 0.2) is 0 Å². The summed E-state index contributed by atoms with van der Waals surface area (Å²) in [7, 11) is 0. The Hall–Kier alpha value is -0.230. The van der Waals surface area contributed by atoms with Crippen molar-refractivity contribution in [2.45, 2.75) is 20.4 Å². The zero-order chi connectivity index (χ0) is 15.8. The van der Waals surface area contributed by atoms with Gasteiger partial charge < -0.3 is 15.5 Å². The number of hydrogen-bond acceptors (Lipinski definition) is 3. The maximum absolute atomic E-state index is 12.0. The van der Waals surface area contributed by atoms with Gasteiger partial charge in [-0.25, -0.2) is 0 Å². The molecule has 4 nitrogen and oxygen atoms in total. The first-order valence-electron chi connectivity index (χ1n) is 7.15. The fourth-order valence-corrected chi connectivity index (χ4v) is 2.40. The van der Waals surface area contributed by atoms with E-state index in [1.807, 2.05) is 6.07 Å². The van der Waals surface area contributed by atoms with Gasteiger partial charge in [-0.1, -0.05) is 43.1 Å². The molecule has 0 fully saturated rings. The van der Waals surface area contributed by atoms with Crippen molar-refractivity contribution in [3.05, 3.63) is 33.8 Å². The predicted molar refractivity (Wildman–Crippen MR) is 103 cm³/mol. The third-order valence-electron chi connectivity index (χ3n) is 3.47. The zero-order valence-corrected chi connectivity index (χ0v) is 16.6. The summed E-state index contributed by atoms with van der Waals surface area (Å²) in [5.74, 6) is -0.0618. The number of halogens is 4. The van der Waals surface area contributed by atoms with Crippen LogP contribution in [0.4, 0.5) is 0 Å². The molecule has 0 bridgehead atoms. The SMILES string of the molecule is CCN(CC)CCN(Cc1ccc(Cl)c(Cl)c1)C(=O)CN.Cl.Cl. The van der Waals surface area contributed by atoms with E-state index < -0.39 is 0 Å². The van der Waals surface area contributed by atoms with Crippen LogP contribution in [0.25, 0.3) is 0 Å². The maximum Gasteiger partial charge on any atom is 0.236 e. The fourth-order valence-electron chi connectivity index (χ4n) is 2.08. The molecule has 0 radical (unpaired) electrons. The van der Waals surface area contributed by atoms with Crippen LogP contribution in [0.15, 0.2) is 18.2 Å². The fraction of sp³-hybridized carbons (Fsp3) is 0.533. The number of carbonyl (C=O) groups excluding carboxylic acids is 1. The second kappa shape index (κ2) is 13.1. The number of likely N-dealkylation sites (N-methyl/N-ethyl adjacent to an activating group) is 1. The number of hydrogen-bond donors (Lipinski definition) is 1. The smallest absolute Gasteiger partial charge is 0.236 e. The largest absolute Gasteiger partial charge is 0.336 e. The van der Waals surface area contributed by atoms with Crippen LogP contribution in [0, 0.1) is 0 Å². The molecule has 0 aromatic heterocycles. The van der Waals surface area contributed by atoms with Crippen molar-refractivity contribution in [2.24, 2.45) is 5.73 Å². The minimum atomic E-state index is -0.0618. The lowest BCUT2D eigenvalue weighted by atomic mass is 10.2. The van der Waals surface area contributed by atoms with Crippen LogP contribution >= 0.6 is 48.0 Å². The third-order valence-corrected chi connectivity index (χ3v) is 4.20. The molecule has 1 aromatic carbocycles. The van der Waals surface area contributed by atoms with Crippen LogP contribution in [-0.4, -0.2) is 48.4 Å². The minimum absolute atomic E-state index is 0. The molecule has 0 aliphatic rings. The van der Waals surface area contributed by atoms with Crippen LogP contribution in [0.2, 0.25) is 10.0 Å². The van der Waals surface area contributed by atoms with Gasteiger partial charge in [0.1, 0.15) is 0 Å². The van der Waals surface area contributed by atoms with Crippen LogP contribution in [0.3, 0.4) is 0 Å². The molecule has 0 atom stereocenters. The highest BCUT2D eigenvalue weighted by molar-refractivity contribution is 6.42. The Balaban J connectivity index is 0. The molecule has 1 amide bonds. The van der Waals surface area contributed by atoms with E-state index in [2.05, 4.69) is 18.7 Å². The minimum Gasteiger partial charge on any atom is -0.336 e. The molecule has 0 saturated carbocycles. The summed E-state index contributed by atoms with van der Waals surface area (Å²) in [6.07, 6.45) is 0. The predicted octanol–water partition coefficient (Wildman–Crippen LogP) is 3.47. The van der Waals surface area contributed by atoms with Crippen molar-refractivity contribution in [3.63, 3.8) is 0 Å². The van der Waals surface area contributed by atoms with Crippen molar-refractivity contribution in [3.8, 4) is 0 Å². The van der Waals surface area contributed by atoms with Gasteiger partial charge in [0.2, 0.25) is 5.91 Å². The Bertz CT molecular complexity index is 470. The Morgan fingerprint density at radius 1 is 1.09 bits per heavy atom. The first-order valence-corrected chi connectivity index (χ1v) is 7.91. The summed E-state index contributed by atoms with van der Waals surface area (Å²) in [6, 6.07) is 5.41. The lowest BCUT2D eigenvalue weighted by Gasteiger charge is -2.26. The maximum atomic E-state index is 12.0. The van der Waals surface area contributed by atoms with E-state index in [1.54, 1.807) is 17.0 Å². The van der Waals surface area contributed by atoms with Gasteiger partial charge in [0.05, 0.1) is 16.6 Å². The van der Waals surface area contributed by atoms with Crippen LogP contribution in [0.5, 0.6) is 0 Å². The van der Waals surface area contributed by atoms with E-state index in [9.17, 15) is 4.79 Å². The molecular formula is C15H25Cl4N3O. The number of carbonyl (C=O) groups is 1. The average molecular weight is 405 g/mol. The Morgan fingerprint density at radius 2 is 1.70 bits per heavy atom. The van der Waals surface area contributed by atoms with Crippen molar-refractivity contribution in [1.29, 1.82) is 0 Å². The molecule has 2 N–H and O–H groups in total. The molecule has 0 saturated heterocycles. The van der Waals surface area contributed by atoms with Gasteiger partial charge in [0.25, 0.3) is 0 Å². The first kappa shape index (κ1) is 25.0. The zero-order valence-electron chi connectivity index (χ0n) is 13.4. The second-order valence-corrected chi connectivity index (χ2v) is 5.61. The number of nitrogens with zero attached hydrogens (tertiary/aromatic N) is 2. The van der Waals surface area contributed by atoms with Crippen LogP contribution in [-0.2, 0) is 11.3 Å². The molecule has 0 spiro atoms. The highest BCUT2D eigenvalue weighted by Gasteiger charge is 2.14. The van der Waals surface area contributed by atoms with Gasteiger partial charge in [-0.15, -0.1) is 24.8 Å². The number of nitrogens with two attached hydrogens (primary N) is 1. The topological polar surface area (TPSA) is 49.6 Å². The van der Waals surface area contributed by atoms with E-state index >= 15 is 0 Å². The van der Waals surface area contributed by atoms with Gasteiger partial charge in [0, 0.05) is 19.6 Å².